The number of hydrazone groups is 1. The van der Waals surface area contributed by atoms with Gasteiger partial charge in [-0.2, -0.15) is 5.10 Å². The van der Waals surface area contributed by atoms with Crippen LogP contribution in [0.2, 0.25) is 0 Å². The fourth-order valence-corrected chi connectivity index (χ4v) is 2.91. The van der Waals surface area contributed by atoms with Crippen LogP contribution >= 0.6 is 0 Å². The molecule has 3 rings (SSSR count). The van der Waals surface area contributed by atoms with Gasteiger partial charge < -0.3 is 4.90 Å². The summed E-state index contributed by atoms with van der Waals surface area (Å²) in [5.41, 5.74) is 7.73. The number of benzene rings is 1. The summed E-state index contributed by atoms with van der Waals surface area (Å²) in [7, 11) is 0. The first-order valence-corrected chi connectivity index (χ1v) is 9.36. The summed E-state index contributed by atoms with van der Waals surface area (Å²) in [6.45, 7) is 12.9. The van der Waals surface area contributed by atoms with E-state index in [-0.39, 0.29) is 0 Å². The first-order valence-electron chi connectivity index (χ1n) is 9.36. The predicted octanol–water partition coefficient (Wildman–Crippen LogP) is 4.42. The third kappa shape index (κ3) is 4.40. The Morgan fingerprint density at radius 2 is 1.88 bits per heavy atom. The summed E-state index contributed by atoms with van der Waals surface area (Å²) < 4.78 is 0. The molecule has 0 aliphatic carbocycles. The largest absolute Gasteiger partial charge is 0.356 e. The van der Waals surface area contributed by atoms with Crippen LogP contribution in [0.5, 0.6) is 0 Å². The Morgan fingerprint density at radius 3 is 2.54 bits per heavy atom. The lowest BCUT2D eigenvalue weighted by Gasteiger charge is -2.27. The fraction of sp³-hybridized carbons (Fsp3) is 0.476. The lowest BCUT2D eigenvalue weighted by atomic mass is 9.92. The standard InChI is InChI=1S/C21H29N5/c1-6-26(12-11-21(3,4)5)19-14-22-18-13-17(24-25-20(18)23-19)16-9-7-15(2)8-10-16/h7-10,14H,6,11-13H2,1-5H3,(H,23,25). The molecule has 0 saturated heterocycles. The van der Waals surface area contributed by atoms with Gasteiger partial charge in [0.15, 0.2) is 5.82 Å². The molecular formula is C21H29N5. The van der Waals surface area contributed by atoms with Crippen molar-refractivity contribution in [3.05, 3.63) is 47.3 Å². The minimum absolute atomic E-state index is 0.306. The third-order valence-electron chi connectivity index (χ3n) is 4.69. The van der Waals surface area contributed by atoms with Crippen LogP contribution in [0.4, 0.5) is 11.6 Å². The molecule has 0 unspecified atom stereocenters. The molecule has 5 heteroatoms. The lowest BCUT2D eigenvalue weighted by Crippen LogP contribution is -2.29. The van der Waals surface area contributed by atoms with Crippen LogP contribution in [0.3, 0.4) is 0 Å². The first kappa shape index (κ1) is 18.4. The molecule has 0 spiro atoms. The lowest BCUT2D eigenvalue weighted by molar-refractivity contribution is 0.379. The van der Waals surface area contributed by atoms with Gasteiger partial charge in [-0.3, -0.25) is 10.4 Å². The van der Waals surface area contributed by atoms with E-state index in [1.54, 1.807) is 0 Å². The van der Waals surface area contributed by atoms with E-state index in [4.69, 9.17) is 4.98 Å². The molecule has 1 aromatic carbocycles. The minimum Gasteiger partial charge on any atom is -0.356 e. The molecule has 0 amide bonds. The predicted molar refractivity (Wildman–Crippen MR) is 109 cm³/mol. The monoisotopic (exact) mass is 351 g/mol. The molecule has 5 nitrogen and oxygen atoms in total. The highest BCUT2D eigenvalue weighted by atomic mass is 15.3. The molecule has 2 aromatic rings. The molecule has 26 heavy (non-hydrogen) atoms. The van der Waals surface area contributed by atoms with Crippen LogP contribution < -0.4 is 10.3 Å². The van der Waals surface area contributed by atoms with Crippen molar-refractivity contribution in [1.29, 1.82) is 0 Å². The topological polar surface area (TPSA) is 53.4 Å². The van der Waals surface area contributed by atoms with Crippen molar-refractivity contribution in [2.45, 2.75) is 47.5 Å². The Kier molecular flexibility index (Phi) is 5.25. The molecule has 1 aromatic heterocycles. The van der Waals surface area contributed by atoms with Crippen LogP contribution in [0.15, 0.2) is 35.6 Å². The summed E-state index contributed by atoms with van der Waals surface area (Å²) in [5, 5.41) is 4.53. The highest BCUT2D eigenvalue weighted by Crippen LogP contribution is 2.24. The Bertz CT molecular complexity index is 787. The Morgan fingerprint density at radius 1 is 1.15 bits per heavy atom. The van der Waals surface area contributed by atoms with E-state index >= 15 is 0 Å². The maximum absolute atomic E-state index is 4.77. The maximum atomic E-state index is 4.77. The number of anilines is 2. The van der Waals surface area contributed by atoms with Crippen LogP contribution in [0.25, 0.3) is 0 Å². The van der Waals surface area contributed by atoms with Gasteiger partial charge in [0.1, 0.15) is 5.82 Å². The van der Waals surface area contributed by atoms with Crippen molar-refractivity contribution in [2.75, 3.05) is 23.4 Å². The number of rotatable bonds is 5. The van der Waals surface area contributed by atoms with E-state index in [9.17, 15) is 0 Å². The van der Waals surface area contributed by atoms with E-state index in [1.165, 1.54) is 5.56 Å². The second-order valence-electron chi connectivity index (χ2n) is 8.13. The smallest absolute Gasteiger partial charge is 0.170 e. The second-order valence-corrected chi connectivity index (χ2v) is 8.13. The van der Waals surface area contributed by atoms with Gasteiger partial charge >= 0.3 is 0 Å². The quantitative estimate of drug-likeness (QED) is 0.866. The molecule has 0 fully saturated rings. The maximum Gasteiger partial charge on any atom is 0.170 e. The molecular weight excluding hydrogens is 322 g/mol. The molecule has 0 saturated carbocycles. The summed E-state index contributed by atoms with van der Waals surface area (Å²) in [6.07, 6.45) is 3.71. The van der Waals surface area contributed by atoms with Gasteiger partial charge in [0, 0.05) is 19.5 Å². The van der Waals surface area contributed by atoms with Gasteiger partial charge in [-0.25, -0.2) is 4.98 Å². The third-order valence-corrected chi connectivity index (χ3v) is 4.69. The first-order chi connectivity index (χ1) is 12.4. The SMILES string of the molecule is CCN(CCC(C)(C)C)c1cnc2c(n1)NN=C(c1ccc(C)cc1)C2. The highest BCUT2D eigenvalue weighted by Gasteiger charge is 2.19. The molecule has 0 bridgehead atoms. The van der Waals surface area contributed by atoms with Crippen molar-refractivity contribution in [3.8, 4) is 0 Å². The minimum atomic E-state index is 0.306. The van der Waals surface area contributed by atoms with E-state index in [1.807, 2.05) is 6.20 Å². The van der Waals surface area contributed by atoms with Gasteiger partial charge in [-0.05, 0) is 31.2 Å². The van der Waals surface area contributed by atoms with Crippen molar-refractivity contribution >= 4 is 17.3 Å². The Labute approximate surface area is 156 Å². The average Bonchev–Trinajstić information content (AvgIpc) is 2.61. The van der Waals surface area contributed by atoms with Crippen LogP contribution in [-0.2, 0) is 6.42 Å². The summed E-state index contributed by atoms with van der Waals surface area (Å²) in [4.78, 5) is 11.7. The molecule has 1 aliphatic rings. The van der Waals surface area contributed by atoms with Gasteiger partial charge in [0.25, 0.3) is 0 Å². The summed E-state index contributed by atoms with van der Waals surface area (Å²) >= 11 is 0. The highest BCUT2D eigenvalue weighted by molar-refractivity contribution is 6.03. The Balaban J connectivity index is 1.75. The number of aryl methyl sites for hydroxylation is 1. The van der Waals surface area contributed by atoms with Crippen molar-refractivity contribution in [1.82, 2.24) is 9.97 Å². The summed E-state index contributed by atoms with van der Waals surface area (Å²) in [5.74, 6) is 1.68. The Hall–Kier alpha value is -2.43. The molecule has 1 N–H and O–H groups in total. The normalized spacial score (nSPS) is 13.7. The number of hydrogen-bond acceptors (Lipinski definition) is 5. The van der Waals surface area contributed by atoms with Crippen LogP contribution in [0, 0.1) is 12.3 Å². The van der Waals surface area contributed by atoms with Gasteiger partial charge in [-0.1, -0.05) is 50.6 Å². The average molecular weight is 351 g/mol. The summed E-state index contributed by atoms with van der Waals surface area (Å²) in [6, 6.07) is 8.43. The number of nitrogens with zero attached hydrogens (tertiary/aromatic N) is 4. The molecule has 138 valence electrons. The molecule has 0 radical (unpaired) electrons. The second kappa shape index (κ2) is 7.44. The van der Waals surface area contributed by atoms with Gasteiger partial charge in [0.2, 0.25) is 0 Å². The van der Waals surface area contributed by atoms with Crippen LogP contribution in [0.1, 0.15) is 50.9 Å². The zero-order valence-electron chi connectivity index (χ0n) is 16.5. The van der Waals surface area contributed by atoms with Gasteiger partial charge in [0.05, 0.1) is 17.6 Å². The zero-order valence-corrected chi connectivity index (χ0v) is 16.5. The van der Waals surface area contributed by atoms with Crippen molar-refractivity contribution in [2.24, 2.45) is 10.5 Å². The zero-order chi connectivity index (χ0) is 18.7. The fourth-order valence-electron chi connectivity index (χ4n) is 2.91. The number of aromatic nitrogens is 2. The van der Waals surface area contributed by atoms with Crippen molar-refractivity contribution < 1.29 is 0 Å². The molecule has 2 heterocycles. The number of nitrogens with one attached hydrogen (secondary N) is 1. The number of fused-ring (bicyclic) bond motifs is 1. The van der Waals surface area contributed by atoms with Gasteiger partial charge in [-0.15, -0.1) is 0 Å². The molecule has 0 atom stereocenters. The van der Waals surface area contributed by atoms with E-state index in [2.05, 4.69) is 79.3 Å². The van der Waals surface area contributed by atoms with E-state index in [0.717, 1.165) is 48.1 Å². The van der Waals surface area contributed by atoms with E-state index < -0.39 is 0 Å². The van der Waals surface area contributed by atoms with Crippen molar-refractivity contribution in [3.63, 3.8) is 0 Å². The number of hydrogen-bond donors (Lipinski definition) is 1. The van der Waals surface area contributed by atoms with E-state index in [0.29, 0.717) is 11.8 Å². The molecule has 1 aliphatic heterocycles. The van der Waals surface area contributed by atoms with Crippen LogP contribution in [-0.4, -0.2) is 28.8 Å².